The van der Waals surface area contributed by atoms with Gasteiger partial charge in [-0.3, -0.25) is 4.79 Å². The van der Waals surface area contributed by atoms with E-state index in [1.807, 2.05) is 6.07 Å². The third-order valence-electron chi connectivity index (χ3n) is 2.63. The van der Waals surface area contributed by atoms with Crippen LogP contribution < -0.4 is 11.1 Å². The maximum atomic E-state index is 11.5. The SMILES string of the molecule is Nc1ccc(Cl)c(CCC(=O)NC2CC2)c1. The number of benzene rings is 1. The zero-order valence-electron chi connectivity index (χ0n) is 9.00. The van der Waals surface area contributed by atoms with Gasteiger partial charge in [-0.05, 0) is 43.0 Å². The number of hydrogen-bond donors (Lipinski definition) is 2. The van der Waals surface area contributed by atoms with Gasteiger partial charge in [0.1, 0.15) is 0 Å². The largest absolute Gasteiger partial charge is 0.399 e. The Kier molecular flexibility index (Phi) is 3.34. The standard InChI is InChI=1S/C12H15ClN2O/c13-11-5-2-9(14)7-8(11)1-6-12(16)15-10-3-4-10/h2,5,7,10H,1,3-4,6,14H2,(H,15,16). The molecule has 3 nitrogen and oxygen atoms in total. The van der Waals surface area contributed by atoms with Gasteiger partial charge in [0, 0.05) is 23.2 Å². The highest BCUT2D eigenvalue weighted by molar-refractivity contribution is 6.31. The Hall–Kier alpha value is -1.22. The Labute approximate surface area is 100.0 Å². The van der Waals surface area contributed by atoms with Gasteiger partial charge in [0.2, 0.25) is 5.91 Å². The second-order valence-electron chi connectivity index (χ2n) is 4.19. The molecule has 1 aliphatic rings. The van der Waals surface area contributed by atoms with Crippen molar-refractivity contribution >= 4 is 23.2 Å². The van der Waals surface area contributed by atoms with Crippen molar-refractivity contribution in [2.45, 2.75) is 31.7 Å². The maximum Gasteiger partial charge on any atom is 0.220 e. The van der Waals surface area contributed by atoms with Gasteiger partial charge in [0.05, 0.1) is 0 Å². The molecule has 3 N–H and O–H groups in total. The fourth-order valence-electron chi connectivity index (χ4n) is 1.56. The Morgan fingerprint density at radius 3 is 2.94 bits per heavy atom. The Morgan fingerprint density at radius 1 is 1.50 bits per heavy atom. The smallest absolute Gasteiger partial charge is 0.220 e. The van der Waals surface area contributed by atoms with E-state index in [4.69, 9.17) is 17.3 Å². The summed E-state index contributed by atoms with van der Waals surface area (Å²) in [5.74, 6) is 0.0981. The summed E-state index contributed by atoms with van der Waals surface area (Å²) in [5.41, 5.74) is 7.29. The van der Waals surface area contributed by atoms with E-state index in [0.717, 1.165) is 18.4 Å². The van der Waals surface area contributed by atoms with E-state index in [-0.39, 0.29) is 5.91 Å². The van der Waals surface area contributed by atoms with E-state index >= 15 is 0 Å². The topological polar surface area (TPSA) is 55.1 Å². The van der Waals surface area contributed by atoms with Gasteiger partial charge in [-0.15, -0.1) is 0 Å². The van der Waals surface area contributed by atoms with Gasteiger partial charge in [-0.2, -0.15) is 0 Å². The van der Waals surface area contributed by atoms with Crippen LogP contribution >= 0.6 is 11.6 Å². The van der Waals surface area contributed by atoms with Gasteiger partial charge < -0.3 is 11.1 Å². The molecule has 1 saturated carbocycles. The molecule has 0 radical (unpaired) electrons. The number of hydrogen-bond acceptors (Lipinski definition) is 2. The first-order valence-corrected chi connectivity index (χ1v) is 5.86. The molecule has 1 fully saturated rings. The van der Waals surface area contributed by atoms with E-state index in [9.17, 15) is 4.79 Å². The minimum atomic E-state index is 0.0981. The van der Waals surface area contributed by atoms with E-state index in [0.29, 0.717) is 29.6 Å². The summed E-state index contributed by atoms with van der Waals surface area (Å²) in [6.45, 7) is 0. The first kappa shape index (κ1) is 11.3. The zero-order chi connectivity index (χ0) is 11.5. The van der Waals surface area contributed by atoms with E-state index < -0.39 is 0 Å². The summed E-state index contributed by atoms with van der Waals surface area (Å²) in [4.78, 5) is 11.5. The number of rotatable bonds is 4. The summed E-state index contributed by atoms with van der Waals surface area (Å²) >= 11 is 6.01. The lowest BCUT2D eigenvalue weighted by Gasteiger charge is -2.06. The molecule has 0 bridgehead atoms. The average Bonchev–Trinajstić information content (AvgIpc) is 3.03. The van der Waals surface area contributed by atoms with Gasteiger partial charge in [-0.1, -0.05) is 11.6 Å². The fourth-order valence-corrected chi connectivity index (χ4v) is 1.77. The maximum absolute atomic E-state index is 11.5. The third-order valence-corrected chi connectivity index (χ3v) is 3.00. The van der Waals surface area contributed by atoms with Crippen LogP contribution in [-0.2, 0) is 11.2 Å². The molecule has 1 amide bonds. The first-order valence-electron chi connectivity index (χ1n) is 5.48. The highest BCUT2D eigenvalue weighted by Gasteiger charge is 2.22. The molecule has 1 aliphatic carbocycles. The number of amides is 1. The second-order valence-corrected chi connectivity index (χ2v) is 4.60. The minimum absolute atomic E-state index is 0.0981. The van der Waals surface area contributed by atoms with Crippen LogP contribution in [-0.4, -0.2) is 11.9 Å². The first-order chi connectivity index (χ1) is 7.65. The molecule has 4 heteroatoms. The average molecular weight is 239 g/mol. The minimum Gasteiger partial charge on any atom is -0.399 e. The number of nitrogens with one attached hydrogen (secondary N) is 1. The summed E-state index contributed by atoms with van der Waals surface area (Å²) in [7, 11) is 0. The zero-order valence-corrected chi connectivity index (χ0v) is 9.76. The lowest BCUT2D eigenvalue weighted by Crippen LogP contribution is -2.25. The molecule has 0 unspecified atom stereocenters. The summed E-state index contributed by atoms with van der Waals surface area (Å²) in [6.07, 6.45) is 3.34. The molecule has 1 aromatic carbocycles. The van der Waals surface area contributed by atoms with Gasteiger partial charge in [-0.25, -0.2) is 0 Å². The molecule has 16 heavy (non-hydrogen) atoms. The normalized spacial score (nSPS) is 14.8. The number of nitrogens with two attached hydrogens (primary N) is 1. The predicted molar refractivity (Wildman–Crippen MR) is 65.4 cm³/mol. The molecular weight excluding hydrogens is 224 g/mol. The molecule has 1 aromatic rings. The van der Waals surface area contributed by atoms with Crippen LogP contribution in [0, 0.1) is 0 Å². The van der Waals surface area contributed by atoms with Crippen molar-refractivity contribution in [2.24, 2.45) is 0 Å². The Morgan fingerprint density at radius 2 is 2.25 bits per heavy atom. The Balaban J connectivity index is 1.87. The molecule has 0 saturated heterocycles. The van der Waals surface area contributed by atoms with Crippen molar-refractivity contribution in [3.05, 3.63) is 28.8 Å². The van der Waals surface area contributed by atoms with Crippen molar-refractivity contribution in [3.8, 4) is 0 Å². The van der Waals surface area contributed by atoms with Crippen LogP contribution in [0.4, 0.5) is 5.69 Å². The van der Waals surface area contributed by atoms with Crippen LogP contribution in [0.3, 0.4) is 0 Å². The number of carbonyl (C=O) groups excluding carboxylic acids is 1. The van der Waals surface area contributed by atoms with Gasteiger partial charge in [0.25, 0.3) is 0 Å². The highest BCUT2D eigenvalue weighted by atomic mass is 35.5. The van der Waals surface area contributed by atoms with Crippen LogP contribution in [0.5, 0.6) is 0 Å². The van der Waals surface area contributed by atoms with Crippen LogP contribution in [0.1, 0.15) is 24.8 Å². The molecule has 86 valence electrons. The monoisotopic (exact) mass is 238 g/mol. The van der Waals surface area contributed by atoms with Gasteiger partial charge >= 0.3 is 0 Å². The molecule has 0 aliphatic heterocycles. The highest BCUT2D eigenvalue weighted by Crippen LogP contribution is 2.21. The fraction of sp³-hybridized carbons (Fsp3) is 0.417. The van der Waals surface area contributed by atoms with Crippen molar-refractivity contribution in [1.29, 1.82) is 0 Å². The summed E-state index contributed by atoms with van der Waals surface area (Å²) < 4.78 is 0. The number of aryl methyl sites for hydroxylation is 1. The quantitative estimate of drug-likeness (QED) is 0.790. The third kappa shape index (κ3) is 3.14. The Bertz CT molecular complexity index is 402. The van der Waals surface area contributed by atoms with Crippen molar-refractivity contribution in [1.82, 2.24) is 5.32 Å². The van der Waals surface area contributed by atoms with Crippen molar-refractivity contribution in [2.75, 3.05) is 5.73 Å². The van der Waals surface area contributed by atoms with E-state index in [1.54, 1.807) is 12.1 Å². The number of carbonyl (C=O) groups is 1. The van der Waals surface area contributed by atoms with Crippen LogP contribution in [0.25, 0.3) is 0 Å². The molecule has 0 heterocycles. The van der Waals surface area contributed by atoms with Gasteiger partial charge in [0.15, 0.2) is 0 Å². The summed E-state index contributed by atoms with van der Waals surface area (Å²) in [5, 5.41) is 3.62. The van der Waals surface area contributed by atoms with E-state index in [1.165, 1.54) is 0 Å². The molecular formula is C12H15ClN2O. The van der Waals surface area contributed by atoms with Crippen LogP contribution in [0.2, 0.25) is 5.02 Å². The molecule has 0 spiro atoms. The molecule has 2 rings (SSSR count). The number of anilines is 1. The number of halogens is 1. The second kappa shape index (κ2) is 4.74. The van der Waals surface area contributed by atoms with Crippen molar-refractivity contribution in [3.63, 3.8) is 0 Å². The number of nitrogen functional groups attached to an aromatic ring is 1. The molecule has 0 aromatic heterocycles. The predicted octanol–water partition coefficient (Wildman–Crippen LogP) is 2.13. The molecule has 0 atom stereocenters. The lowest BCUT2D eigenvalue weighted by molar-refractivity contribution is -0.121. The van der Waals surface area contributed by atoms with Crippen molar-refractivity contribution < 1.29 is 4.79 Å². The summed E-state index contributed by atoms with van der Waals surface area (Å²) in [6, 6.07) is 5.78. The van der Waals surface area contributed by atoms with Crippen LogP contribution in [0.15, 0.2) is 18.2 Å². The van der Waals surface area contributed by atoms with E-state index in [2.05, 4.69) is 5.32 Å². The lowest BCUT2D eigenvalue weighted by atomic mass is 10.1.